The van der Waals surface area contributed by atoms with Gasteiger partial charge in [-0.2, -0.15) is 0 Å². The van der Waals surface area contributed by atoms with Gasteiger partial charge in [-0.25, -0.2) is 4.98 Å². The summed E-state index contributed by atoms with van der Waals surface area (Å²) in [7, 11) is 0. The molecule has 0 unspecified atom stereocenters. The highest BCUT2D eigenvalue weighted by Gasteiger charge is 2.28. The summed E-state index contributed by atoms with van der Waals surface area (Å²) in [5.74, 6) is 0.0488. The first-order valence-corrected chi connectivity index (χ1v) is 10.5. The average Bonchev–Trinajstić information content (AvgIpc) is 3.15. The molecule has 0 radical (unpaired) electrons. The minimum Gasteiger partial charge on any atom is -0.349 e. The van der Waals surface area contributed by atoms with E-state index in [0.29, 0.717) is 0 Å². The third-order valence-corrected chi connectivity index (χ3v) is 5.98. The van der Waals surface area contributed by atoms with Crippen molar-refractivity contribution in [2.24, 2.45) is 0 Å². The molecule has 1 aliphatic heterocycles. The number of nitrogens with one attached hydrogen (secondary N) is 2. The summed E-state index contributed by atoms with van der Waals surface area (Å²) in [5, 5.41) is 7.61. The molecule has 1 amide bonds. The van der Waals surface area contributed by atoms with Crippen molar-refractivity contribution in [1.29, 1.82) is 0 Å². The topological polar surface area (TPSA) is 54.0 Å². The van der Waals surface area contributed by atoms with Crippen LogP contribution in [0.2, 0.25) is 0 Å². The van der Waals surface area contributed by atoms with E-state index in [0.717, 1.165) is 66.5 Å². The molecule has 1 aromatic heterocycles. The highest BCUT2D eigenvalue weighted by atomic mass is 35.5. The molecule has 0 spiro atoms. The number of pyridine rings is 1. The van der Waals surface area contributed by atoms with Crippen molar-refractivity contribution in [3.05, 3.63) is 77.0 Å². The van der Waals surface area contributed by atoms with Gasteiger partial charge in [0.05, 0.1) is 16.8 Å². The van der Waals surface area contributed by atoms with Crippen molar-refractivity contribution in [3.63, 3.8) is 0 Å². The van der Waals surface area contributed by atoms with Gasteiger partial charge in [-0.3, -0.25) is 4.79 Å². The average molecular weight is 456 g/mol. The molecule has 2 N–H and O–H groups in total. The quantitative estimate of drug-likeness (QED) is 0.580. The Labute approximate surface area is 195 Å². The number of nitrogens with zero attached hydrogens (tertiary/aromatic N) is 1. The van der Waals surface area contributed by atoms with Crippen LogP contribution in [0, 0.1) is 0 Å². The smallest absolute Gasteiger partial charge is 0.252 e. The van der Waals surface area contributed by atoms with Crippen LogP contribution in [-0.2, 0) is 6.42 Å². The Bertz CT molecular complexity index is 1090. The van der Waals surface area contributed by atoms with E-state index >= 15 is 0 Å². The van der Waals surface area contributed by atoms with Crippen molar-refractivity contribution in [1.82, 2.24) is 15.6 Å². The molecule has 0 saturated carbocycles. The van der Waals surface area contributed by atoms with E-state index in [-0.39, 0.29) is 36.8 Å². The summed E-state index contributed by atoms with van der Waals surface area (Å²) >= 11 is 0. The van der Waals surface area contributed by atoms with Crippen LogP contribution < -0.4 is 10.6 Å². The molecule has 1 aliphatic carbocycles. The predicted molar refractivity (Wildman–Crippen MR) is 132 cm³/mol. The second-order valence-electron chi connectivity index (χ2n) is 7.91. The Morgan fingerprint density at radius 3 is 2.45 bits per heavy atom. The third-order valence-electron chi connectivity index (χ3n) is 5.98. The van der Waals surface area contributed by atoms with E-state index in [1.165, 1.54) is 11.1 Å². The molecule has 5 rings (SSSR count). The largest absolute Gasteiger partial charge is 0.349 e. The summed E-state index contributed by atoms with van der Waals surface area (Å²) in [6.45, 7) is 1.92. The van der Waals surface area contributed by atoms with E-state index in [4.69, 9.17) is 4.98 Å². The standard InChI is InChI=1S/C25H25N3O.2ClH/c29-25(27-19-12-14-26-15-13-19)23-20-8-4-5-9-22(20)28-24-18(10-11-21(23)24)16-17-6-2-1-3-7-17;;/h1-9,16,19,26H,10-15H2,(H,27,29);2*1H/b18-16-;;. The Hall–Kier alpha value is -2.40. The second-order valence-corrected chi connectivity index (χ2v) is 7.91. The van der Waals surface area contributed by atoms with E-state index in [9.17, 15) is 4.79 Å². The van der Waals surface area contributed by atoms with Crippen LogP contribution in [0.4, 0.5) is 0 Å². The van der Waals surface area contributed by atoms with Gasteiger partial charge < -0.3 is 10.6 Å². The number of carbonyl (C=O) groups is 1. The van der Waals surface area contributed by atoms with Gasteiger partial charge in [0, 0.05) is 11.4 Å². The third kappa shape index (κ3) is 4.77. The lowest BCUT2D eigenvalue weighted by molar-refractivity contribution is 0.0930. The van der Waals surface area contributed by atoms with Crippen molar-refractivity contribution in [2.45, 2.75) is 31.7 Å². The summed E-state index contributed by atoms with van der Waals surface area (Å²) in [6, 6.07) is 18.6. The lowest BCUT2D eigenvalue weighted by Gasteiger charge is -2.24. The van der Waals surface area contributed by atoms with Crippen molar-refractivity contribution in [3.8, 4) is 0 Å². The number of hydrogen-bond acceptors (Lipinski definition) is 3. The minimum absolute atomic E-state index is 0. The van der Waals surface area contributed by atoms with Crippen molar-refractivity contribution < 1.29 is 4.79 Å². The molecule has 2 aromatic carbocycles. The van der Waals surface area contributed by atoms with Crippen LogP contribution in [0.1, 0.15) is 46.4 Å². The summed E-state index contributed by atoms with van der Waals surface area (Å²) in [4.78, 5) is 18.3. The lowest BCUT2D eigenvalue weighted by Crippen LogP contribution is -2.43. The zero-order chi connectivity index (χ0) is 19.6. The number of amides is 1. The first-order valence-electron chi connectivity index (χ1n) is 10.5. The maximum absolute atomic E-state index is 13.4. The molecule has 162 valence electrons. The number of benzene rings is 2. The molecule has 2 heterocycles. The van der Waals surface area contributed by atoms with E-state index in [1.54, 1.807) is 0 Å². The fourth-order valence-corrected chi connectivity index (χ4v) is 4.51. The molecule has 3 aromatic rings. The second kappa shape index (κ2) is 10.3. The molecule has 1 saturated heterocycles. The number of aromatic nitrogens is 1. The fourth-order valence-electron chi connectivity index (χ4n) is 4.51. The molecule has 6 heteroatoms. The molecule has 2 aliphatic rings. The van der Waals surface area contributed by atoms with Gasteiger partial charge in [-0.1, -0.05) is 48.5 Å². The van der Waals surface area contributed by atoms with Gasteiger partial charge >= 0.3 is 0 Å². The van der Waals surface area contributed by atoms with Gasteiger partial charge in [0.2, 0.25) is 0 Å². The highest BCUT2D eigenvalue weighted by Crippen LogP contribution is 2.37. The molecular weight excluding hydrogens is 429 g/mol. The maximum Gasteiger partial charge on any atom is 0.252 e. The van der Waals surface area contributed by atoms with Crippen molar-refractivity contribution >= 4 is 53.3 Å². The minimum atomic E-state index is 0. The predicted octanol–water partition coefficient (Wildman–Crippen LogP) is 5.05. The Morgan fingerprint density at radius 1 is 0.968 bits per heavy atom. The zero-order valence-corrected chi connectivity index (χ0v) is 18.9. The fraction of sp³-hybridized carbons (Fsp3) is 0.280. The van der Waals surface area contributed by atoms with Crippen LogP contribution in [-0.4, -0.2) is 30.0 Å². The van der Waals surface area contributed by atoms with Crippen LogP contribution >= 0.6 is 24.8 Å². The molecule has 0 atom stereocenters. The Morgan fingerprint density at radius 2 is 1.68 bits per heavy atom. The number of para-hydroxylation sites is 1. The van der Waals surface area contributed by atoms with Crippen molar-refractivity contribution in [2.75, 3.05) is 13.1 Å². The van der Waals surface area contributed by atoms with E-state index in [1.807, 2.05) is 42.5 Å². The Kier molecular flexibility index (Phi) is 7.71. The van der Waals surface area contributed by atoms with E-state index < -0.39 is 0 Å². The maximum atomic E-state index is 13.4. The number of allylic oxidation sites excluding steroid dienone is 1. The van der Waals surface area contributed by atoms with Crippen LogP contribution in [0.15, 0.2) is 54.6 Å². The summed E-state index contributed by atoms with van der Waals surface area (Å²) in [6.07, 6.45) is 5.95. The summed E-state index contributed by atoms with van der Waals surface area (Å²) < 4.78 is 0. The molecule has 31 heavy (non-hydrogen) atoms. The number of hydrogen-bond donors (Lipinski definition) is 2. The van der Waals surface area contributed by atoms with Crippen LogP contribution in [0.25, 0.3) is 22.6 Å². The molecule has 1 fully saturated rings. The first kappa shape index (κ1) is 23.3. The summed E-state index contributed by atoms with van der Waals surface area (Å²) in [5.41, 5.74) is 6.18. The first-order chi connectivity index (χ1) is 14.3. The highest BCUT2D eigenvalue weighted by molar-refractivity contribution is 6.09. The van der Waals surface area contributed by atoms with Gasteiger partial charge in [-0.15, -0.1) is 24.8 Å². The van der Waals surface area contributed by atoms with Gasteiger partial charge in [0.25, 0.3) is 5.91 Å². The number of halogens is 2. The zero-order valence-electron chi connectivity index (χ0n) is 17.3. The normalized spacial score (nSPS) is 17.0. The van der Waals surface area contributed by atoms with Crippen LogP contribution in [0.5, 0.6) is 0 Å². The van der Waals surface area contributed by atoms with Gasteiger partial charge in [0.1, 0.15) is 0 Å². The number of carbonyl (C=O) groups excluding carboxylic acids is 1. The molecular formula is C25H27Cl2N3O. The van der Waals surface area contributed by atoms with Crippen LogP contribution in [0.3, 0.4) is 0 Å². The van der Waals surface area contributed by atoms with E-state index in [2.05, 4.69) is 28.8 Å². The number of fused-ring (bicyclic) bond motifs is 2. The van der Waals surface area contributed by atoms with Gasteiger partial charge in [-0.05, 0) is 67.6 Å². The Balaban J connectivity index is 0.00000136. The van der Waals surface area contributed by atoms with Gasteiger partial charge in [0.15, 0.2) is 0 Å². The SMILES string of the molecule is Cl.Cl.O=C(NC1CCNCC1)c1c2c(nc3ccccc13)/C(=C\c1ccccc1)CC2. The lowest BCUT2D eigenvalue weighted by atomic mass is 9.98. The number of piperidine rings is 1. The molecule has 4 nitrogen and oxygen atoms in total. The monoisotopic (exact) mass is 455 g/mol. The molecule has 0 bridgehead atoms. The number of rotatable bonds is 3.